The van der Waals surface area contributed by atoms with Crippen molar-refractivity contribution in [2.75, 3.05) is 20.8 Å². The lowest BCUT2D eigenvalue weighted by Crippen LogP contribution is -2.15. The number of nitrogens with zero attached hydrogens (tertiary/aromatic N) is 1. The van der Waals surface area contributed by atoms with Crippen LogP contribution in [0.3, 0.4) is 0 Å². The second-order valence-corrected chi connectivity index (χ2v) is 7.67. The van der Waals surface area contributed by atoms with Gasteiger partial charge in [-0.3, -0.25) is 4.79 Å². The number of esters is 1. The lowest BCUT2D eigenvalue weighted by Gasteiger charge is -2.11. The minimum Gasteiger partial charge on any atom is -0.493 e. The molecule has 0 aliphatic heterocycles. The van der Waals surface area contributed by atoms with Gasteiger partial charge in [0, 0.05) is 21.8 Å². The standard InChI is InChI=1S/C23H23NO6S/c1-14-18(15(2)30-24-14)13-31-22-8-6-5-7-17(22)23(26)29-12-19(25)16-9-10-20(27-3)21(11-16)28-4/h5-11H,12-13H2,1-4H3. The number of Topliss-reactive ketones (excluding diaryl/α,β-unsaturated/α-hetero) is 1. The third kappa shape index (κ3) is 5.27. The number of rotatable bonds is 9. The smallest absolute Gasteiger partial charge is 0.339 e. The fourth-order valence-corrected chi connectivity index (χ4v) is 4.11. The van der Waals surface area contributed by atoms with Gasteiger partial charge in [0.2, 0.25) is 0 Å². The first-order valence-electron chi connectivity index (χ1n) is 9.50. The van der Waals surface area contributed by atoms with E-state index in [2.05, 4.69) is 5.16 Å². The first-order chi connectivity index (χ1) is 14.9. The number of ketones is 1. The number of thioether (sulfide) groups is 1. The van der Waals surface area contributed by atoms with Gasteiger partial charge in [0.1, 0.15) is 5.76 Å². The molecule has 3 rings (SSSR count). The first-order valence-corrected chi connectivity index (χ1v) is 10.5. The highest BCUT2D eigenvalue weighted by Crippen LogP contribution is 2.30. The quantitative estimate of drug-likeness (QED) is 0.270. The van der Waals surface area contributed by atoms with Gasteiger partial charge in [-0.1, -0.05) is 17.3 Å². The maximum atomic E-state index is 12.7. The van der Waals surface area contributed by atoms with Crippen LogP contribution in [0.1, 0.15) is 37.7 Å². The van der Waals surface area contributed by atoms with Gasteiger partial charge in [-0.2, -0.15) is 0 Å². The van der Waals surface area contributed by atoms with Crippen molar-refractivity contribution < 1.29 is 28.3 Å². The fraction of sp³-hybridized carbons (Fsp3) is 0.261. The van der Waals surface area contributed by atoms with E-state index in [0.29, 0.717) is 28.4 Å². The second-order valence-electron chi connectivity index (χ2n) is 6.66. The van der Waals surface area contributed by atoms with Crippen LogP contribution in [0.2, 0.25) is 0 Å². The summed E-state index contributed by atoms with van der Waals surface area (Å²) in [5, 5.41) is 3.95. The first kappa shape index (κ1) is 22.4. The number of hydrogen-bond donors (Lipinski definition) is 0. The number of carbonyl (C=O) groups excluding carboxylic acids is 2. The van der Waals surface area contributed by atoms with Crippen LogP contribution in [0.15, 0.2) is 51.9 Å². The maximum absolute atomic E-state index is 12.7. The molecule has 0 spiro atoms. The summed E-state index contributed by atoms with van der Waals surface area (Å²) in [5.41, 5.74) is 2.59. The van der Waals surface area contributed by atoms with Crippen molar-refractivity contribution in [3.63, 3.8) is 0 Å². The van der Waals surface area contributed by atoms with E-state index in [1.54, 1.807) is 30.3 Å². The van der Waals surface area contributed by atoms with Crippen LogP contribution in [0, 0.1) is 13.8 Å². The molecule has 0 amide bonds. The third-order valence-electron chi connectivity index (χ3n) is 4.70. The van der Waals surface area contributed by atoms with Gasteiger partial charge in [0.05, 0.1) is 25.5 Å². The van der Waals surface area contributed by atoms with Crippen LogP contribution in [-0.2, 0) is 10.5 Å². The lowest BCUT2D eigenvalue weighted by atomic mass is 10.1. The largest absolute Gasteiger partial charge is 0.493 e. The van der Waals surface area contributed by atoms with Gasteiger partial charge in [0.25, 0.3) is 0 Å². The zero-order valence-corrected chi connectivity index (χ0v) is 18.6. The number of benzene rings is 2. The summed E-state index contributed by atoms with van der Waals surface area (Å²) in [6.45, 7) is 3.36. The summed E-state index contributed by atoms with van der Waals surface area (Å²) in [6.07, 6.45) is 0. The normalized spacial score (nSPS) is 10.6. The van der Waals surface area contributed by atoms with Crippen LogP contribution in [-0.4, -0.2) is 37.7 Å². The summed E-state index contributed by atoms with van der Waals surface area (Å²) in [5.74, 6) is 1.41. The molecule has 3 aromatic rings. The molecule has 7 nitrogen and oxygen atoms in total. The molecule has 1 heterocycles. The molecule has 0 aliphatic carbocycles. The van der Waals surface area contributed by atoms with Gasteiger partial charge >= 0.3 is 5.97 Å². The van der Waals surface area contributed by atoms with E-state index in [9.17, 15) is 9.59 Å². The number of methoxy groups -OCH3 is 2. The molecule has 0 N–H and O–H groups in total. The minimum atomic E-state index is -0.560. The van der Waals surface area contributed by atoms with Gasteiger partial charge < -0.3 is 18.7 Å². The van der Waals surface area contributed by atoms with Crippen LogP contribution in [0.5, 0.6) is 11.5 Å². The molecule has 0 radical (unpaired) electrons. The molecule has 0 bridgehead atoms. The van der Waals surface area contributed by atoms with Gasteiger partial charge in [-0.25, -0.2) is 4.79 Å². The van der Waals surface area contributed by atoms with E-state index in [0.717, 1.165) is 21.9 Å². The molecule has 0 saturated carbocycles. The Hall–Kier alpha value is -3.26. The summed E-state index contributed by atoms with van der Waals surface area (Å²) < 4.78 is 20.9. The molecule has 162 valence electrons. The Morgan fingerprint density at radius 1 is 1.03 bits per heavy atom. The average molecular weight is 442 g/mol. The zero-order chi connectivity index (χ0) is 22.4. The molecule has 0 atom stereocenters. The second kappa shape index (κ2) is 10.2. The number of carbonyl (C=O) groups is 2. The number of aromatic nitrogens is 1. The predicted octanol–water partition coefficient (Wildman–Crippen LogP) is 4.64. The van der Waals surface area contributed by atoms with Crippen molar-refractivity contribution in [3.05, 3.63) is 70.6 Å². The topological polar surface area (TPSA) is 87.9 Å². The van der Waals surface area contributed by atoms with E-state index in [1.807, 2.05) is 26.0 Å². The molecule has 0 aliphatic rings. The van der Waals surface area contributed by atoms with Crippen LogP contribution >= 0.6 is 11.8 Å². The molecule has 0 unspecified atom stereocenters. The summed E-state index contributed by atoms with van der Waals surface area (Å²) in [7, 11) is 3.01. The SMILES string of the molecule is COc1ccc(C(=O)COC(=O)c2ccccc2SCc2c(C)noc2C)cc1OC. The molecular formula is C23H23NO6S. The van der Waals surface area contributed by atoms with Gasteiger partial charge in [0.15, 0.2) is 23.9 Å². The average Bonchev–Trinajstić information content (AvgIpc) is 3.12. The zero-order valence-electron chi connectivity index (χ0n) is 17.8. The van der Waals surface area contributed by atoms with Crippen molar-refractivity contribution in [3.8, 4) is 11.5 Å². The molecule has 31 heavy (non-hydrogen) atoms. The maximum Gasteiger partial charge on any atom is 0.339 e. The Bertz CT molecular complexity index is 1070. The highest BCUT2D eigenvalue weighted by Gasteiger charge is 2.18. The van der Waals surface area contributed by atoms with Gasteiger partial charge in [-0.05, 0) is 44.2 Å². The Labute approximate surface area is 184 Å². The molecule has 1 aromatic heterocycles. The summed E-state index contributed by atoms with van der Waals surface area (Å²) >= 11 is 1.48. The van der Waals surface area contributed by atoms with Crippen molar-refractivity contribution >= 4 is 23.5 Å². The van der Waals surface area contributed by atoms with Crippen LogP contribution in [0.25, 0.3) is 0 Å². The third-order valence-corrected chi connectivity index (χ3v) is 5.80. The highest BCUT2D eigenvalue weighted by molar-refractivity contribution is 7.98. The highest BCUT2D eigenvalue weighted by atomic mass is 32.2. The van der Waals surface area contributed by atoms with E-state index in [1.165, 1.54) is 26.0 Å². The Morgan fingerprint density at radius 3 is 2.45 bits per heavy atom. The van der Waals surface area contributed by atoms with Gasteiger partial charge in [-0.15, -0.1) is 11.8 Å². The summed E-state index contributed by atoms with van der Waals surface area (Å²) in [6, 6.07) is 11.9. The Balaban J connectivity index is 1.66. The van der Waals surface area contributed by atoms with Crippen LogP contribution in [0.4, 0.5) is 0 Å². The molecule has 0 fully saturated rings. The Kier molecular flexibility index (Phi) is 7.36. The van der Waals surface area contributed by atoms with E-state index in [4.69, 9.17) is 18.7 Å². The molecule has 8 heteroatoms. The number of hydrogen-bond acceptors (Lipinski definition) is 8. The molecular weight excluding hydrogens is 418 g/mol. The number of ether oxygens (including phenoxy) is 3. The van der Waals surface area contributed by atoms with Crippen molar-refractivity contribution in [2.45, 2.75) is 24.5 Å². The fourth-order valence-electron chi connectivity index (χ4n) is 2.92. The molecule has 0 saturated heterocycles. The van der Waals surface area contributed by atoms with Crippen molar-refractivity contribution in [1.82, 2.24) is 5.16 Å². The van der Waals surface area contributed by atoms with E-state index >= 15 is 0 Å². The number of aryl methyl sites for hydroxylation is 2. The Morgan fingerprint density at radius 2 is 1.77 bits per heavy atom. The molecule has 2 aromatic carbocycles. The van der Waals surface area contributed by atoms with Crippen molar-refractivity contribution in [2.24, 2.45) is 0 Å². The van der Waals surface area contributed by atoms with E-state index < -0.39 is 5.97 Å². The predicted molar refractivity (Wildman–Crippen MR) is 116 cm³/mol. The minimum absolute atomic E-state index is 0.338. The van der Waals surface area contributed by atoms with E-state index in [-0.39, 0.29) is 12.4 Å². The summed E-state index contributed by atoms with van der Waals surface area (Å²) in [4.78, 5) is 25.9. The van der Waals surface area contributed by atoms with Crippen molar-refractivity contribution in [1.29, 1.82) is 0 Å². The monoisotopic (exact) mass is 441 g/mol. The lowest BCUT2D eigenvalue weighted by molar-refractivity contribution is 0.0471. The van der Waals surface area contributed by atoms with Crippen LogP contribution < -0.4 is 9.47 Å².